The first-order chi connectivity index (χ1) is 60.2. The van der Waals surface area contributed by atoms with Crippen molar-refractivity contribution in [3.8, 4) is 0 Å². The van der Waals surface area contributed by atoms with E-state index in [1.54, 1.807) is 0 Å². The van der Waals surface area contributed by atoms with Crippen LogP contribution in [0.1, 0.15) is 419 Å². The summed E-state index contributed by atoms with van der Waals surface area (Å²) >= 11 is 0. The molecular formula is C105H180O16P2. The van der Waals surface area contributed by atoms with Crippen molar-refractivity contribution in [1.29, 1.82) is 0 Å². The summed E-state index contributed by atoms with van der Waals surface area (Å²) in [5.74, 6) is -1.58. The highest BCUT2D eigenvalue weighted by atomic mass is 31.2. The highest BCUT2D eigenvalue weighted by molar-refractivity contribution is 7.47. The number of phosphoric ester groups is 2. The molecule has 706 valence electrons. The van der Waals surface area contributed by atoms with Gasteiger partial charge < -0.3 is 34.2 Å². The van der Waals surface area contributed by atoms with Gasteiger partial charge in [-0.1, -0.05) is 409 Å². The van der Waals surface area contributed by atoms with Crippen LogP contribution in [0.25, 0.3) is 0 Å². The number of allylic oxidation sites excluding steroid dienone is 28. The van der Waals surface area contributed by atoms with Gasteiger partial charge in [0, 0.05) is 19.3 Å². The third kappa shape index (κ3) is 97.4. The van der Waals surface area contributed by atoms with Gasteiger partial charge in [-0.15, -0.1) is 0 Å². The van der Waals surface area contributed by atoms with Crippen LogP contribution in [0.5, 0.6) is 0 Å². The number of aliphatic hydroxyl groups is 2. The molecule has 0 saturated carbocycles. The summed E-state index contributed by atoms with van der Waals surface area (Å²) in [7, 11) is -9.82. The number of phosphoric acid groups is 2. The number of ether oxygens (including phenoxy) is 3. The Morgan fingerprint density at radius 3 is 0.683 bits per heavy atom. The molecule has 0 saturated heterocycles. The van der Waals surface area contributed by atoms with Crippen LogP contribution in [0.3, 0.4) is 0 Å². The van der Waals surface area contributed by atoms with Crippen LogP contribution in [0.4, 0.5) is 0 Å². The second-order valence-electron chi connectivity index (χ2n) is 32.8. The van der Waals surface area contributed by atoms with Gasteiger partial charge in [0.05, 0.1) is 26.4 Å². The molecular weight excluding hydrogens is 1580 g/mol. The van der Waals surface area contributed by atoms with Gasteiger partial charge in [-0.2, -0.15) is 0 Å². The fraction of sp³-hybridized carbons (Fsp3) is 0.705. The predicted molar refractivity (Wildman–Crippen MR) is 519 cm³/mol. The molecule has 0 bridgehead atoms. The summed E-state index contributed by atoms with van der Waals surface area (Å²) in [5, 5.41) is 20.8. The molecule has 0 aromatic carbocycles. The van der Waals surface area contributed by atoms with Gasteiger partial charge in [-0.05, 0) is 161 Å². The smallest absolute Gasteiger partial charge is 0.463 e. The van der Waals surface area contributed by atoms with Crippen molar-refractivity contribution in [2.75, 3.05) is 39.6 Å². The maximum absolute atomic E-state index is 13.1. The lowest BCUT2D eigenvalue weighted by Gasteiger charge is -2.21. The molecule has 0 amide bonds. The van der Waals surface area contributed by atoms with Gasteiger partial charge in [-0.3, -0.25) is 32.5 Å². The van der Waals surface area contributed by atoms with E-state index in [4.69, 9.17) is 32.3 Å². The molecule has 0 aliphatic heterocycles. The van der Waals surface area contributed by atoms with Crippen LogP contribution in [0.15, 0.2) is 170 Å². The number of esters is 3. The fourth-order valence-electron chi connectivity index (χ4n) is 13.4. The van der Waals surface area contributed by atoms with E-state index < -0.39 is 91.5 Å². The Balaban J connectivity index is 4.56. The summed E-state index contributed by atoms with van der Waals surface area (Å²) < 4.78 is 61.6. The standard InChI is InChI=1S/C105H180O16P2/c1-4-7-10-13-16-19-22-25-28-31-34-37-39-41-43-45-47-49-51-53-55-57-59-62-64-67-70-73-76-79-82-85-88-91-103(108)115-94-100(106)95-117-122(111,112)118-96-101(107)97-119-123(113,114)120-99-102(121-105(110)93-90-87-84-81-78-75-72-69-66-61-36-33-30-27-24-21-18-15-12-9-6-3)98-116-104(109)92-89-86-83-80-77-74-71-68-65-63-60-58-56-54-52-50-48-46-44-42-40-38-35-32-29-26-23-20-17-14-11-8-5-2/h7,10,16-21,25-30,34-38,41-44,47,49,61,69,72,100-102,106-107H,4-6,8-9,11-15,22-24,31-33,39-40,45-46,48,50-60,62-68,70-71,73-99H2,1-3H3,(H,111,112)(H,113,114)/b10-7-,19-16-,20-17-,21-18-,28-25-,29-26-,30-27-,37-34-,38-35-,43-41-,44-42-,49-47-,61-36-,72-69-. The molecule has 0 aliphatic carbocycles. The van der Waals surface area contributed by atoms with Gasteiger partial charge in [-0.25, -0.2) is 9.13 Å². The molecule has 123 heavy (non-hydrogen) atoms. The summed E-state index contributed by atoms with van der Waals surface area (Å²) in [6, 6.07) is 0. The van der Waals surface area contributed by atoms with E-state index in [1.807, 2.05) is 0 Å². The number of hydrogen-bond acceptors (Lipinski definition) is 14. The lowest BCUT2D eigenvalue weighted by atomic mass is 10.0. The molecule has 4 N–H and O–H groups in total. The van der Waals surface area contributed by atoms with E-state index in [9.17, 15) is 43.5 Å². The first kappa shape index (κ1) is 118. The van der Waals surface area contributed by atoms with Crippen molar-refractivity contribution < 1.29 is 75.8 Å². The quantitative estimate of drug-likeness (QED) is 0.0146. The topological polar surface area (TPSA) is 231 Å². The van der Waals surface area contributed by atoms with E-state index in [1.165, 1.54) is 199 Å². The Labute approximate surface area is 752 Å². The van der Waals surface area contributed by atoms with Crippen LogP contribution in [0.2, 0.25) is 0 Å². The van der Waals surface area contributed by atoms with E-state index in [-0.39, 0.29) is 19.3 Å². The molecule has 0 aromatic rings. The number of aliphatic hydroxyl groups excluding tert-OH is 2. The van der Waals surface area contributed by atoms with Crippen LogP contribution in [-0.2, 0) is 55.8 Å². The SMILES string of the molecule is CC/C=C\C/C=C\C/C=C\C/C=C\C/C=C\C/C=C\CCCCCCCCCCCCCCCCC(=O)OCC(O)COP(=O)(O)OCC(O)COP(=O)(O)OCC(COC(=O)CCCCCCCCCCCCCCCCCCC/C=C\C/C=C\C/C=C\C/C=C\CCCCC)OC(=O)CCCCCCC/C=C\C/C=C\C/C=C\C/C=C\CCCCC. The molecule has 5 unspecified atom stereocenters. The minimum absolute atomic E-state index is 0.0815. The lowest BCUT2D eigenvalue weighted by molar-refractivity contribution is -0.161. The zero-order valence-electron chi connectivity index (χ0n) is 78.1. The molecule has 0 heterocycles. The van der Waals surface area contributed by atoms with Crippen LogP contribution in [-0.4, -0.2) is 95.9 Å². The van der Waals surface area contributed by atoms with Gasteiger partial charge in [0.2, 0.25) is 0 Å². The van der Waals surface area contributed by atoms with Crippen molar-refractivity contribution >= 4 is 33.6 Å². The second kappa shape index (κ2) is 96.0. The molecule has 0 aromatic heterocycles. The fourth-order valence-corrected chi connectivity index (χ4v) is 15.0. The summed E-state index contributed by atoms with van der Waals surface area (Å²) in [6.07, 6.45) is 126. The summed E-state index contributed by atoms with van der Waals surface area (Å²) in [5.41, 5.74) is 0. The number of carbonyl (C=O) groups excluding carboxylic acids is 3. The largest absolute Gasteiger partial charge is 0.472 e. The summed E-state index contributed by atoms with van der Waals surface area (Å²) in [4.78, 5) is 59.1. The molecule has 18 heteroatoms. The average molecular weight is 1760 g/mol. The first-order valence-electron chi connectivity index (χ1n) is 49.4. The molecule has 16 nitrogen and oxygen atoms in total. The third-order valence-corrected chi connectivity index (χ3v) is 22.8. The Bertz CT molecular complexity index is 2920. The molecule has 0 aliphatic rings. The van der Waals surface area contributed by atoms with E-state index in [0.717, 1.165) is 161 Å². The van der Waals surface area contributed by atoms with Gasteiger partial charge >= 0.3 is 33.6 Å². The van der Waals surface area contributed by atoms with E-state index >= 15 is 0 Å². The van der Waals surface area contributed by atoms with Crippen molar-refractivity contribution in [3.63, 3.8) is 0 Å². The van der Waals surface area contributed by atoms with Gasteiger partial charge in [0.15, 0.2) is 6.10 Å². The highest BCUT2D eigenvalue weighted by Gasteiger charge is 2.30. The normalized spacial score (nSPS) is 14.4. The minimum Gasteiger partial charge on any atom is -0.463 e. The number of carbonyl (C=O) groups is 3. The Morgan fingerprint density at radius 1 is 0.236 bits per heavy atom. The zero-order valence-corrected chi connectivity index (χ0v) is 79.9. The number of hydrogen-bond donors (Lipinski definition) is 4. The minimum atomic E-state index is -4.95. The van der Waals surface area contributed by atoms with Crippen LogP contribution >= 0.6 is 15.6 Å². The van der Waals surface area contributed by atoms with Gasteiger partial charge in [0.25, 0.3) is 0 Å². The molecule has 0 fully saturated rings. The number of rotatable bonds is 93. The average Bonchev–Trinajstić information content (AvgIpc) is 0.900. The second-order valence-corrected chi connectivity index (χ2v) is 35.7. The molecule has 0 rings (SSSR count). The van der Waals surface area contributed by atoms with Crippen molar-refractivity contribution in [1.82, 2.24) is 0 Å². The van der Waals surface area contributed by atoms with Crippen molar-refractivity contribution in [3.05, 3.63) is 170 Å². The monoisotopic (exact) mass is 1760 g/mol. The summed E-state index contributed by atoms with van der Waals surface area (Å²) in [6.45, 7) is 2.55. The van der Waals surface area contributed by atoms with E-state index in [2.05, 4.69) is 191 Å². The highest BCUT2D eigenvalue weighted by Crippen LogP contribution is 2.45. The first-order valence-corrected chi connectivity index (χ1v) is 52.4. The lowest BCUT2D eigenvalue weighted by Crippen LogP contribution is -2.30. The number of unbranched alkanes of at least 4 members (excludes halogenated alkanes) is 42. The van der Waals surface area contributed by atoms with Crippen LogP contribution < -0.4 is 0 Å². The Kier molecular flexibility index (Phi) is 92.0. The molecule has 0 radical (unpaired) electrons. The maximum Gasteiger partial charge on any atom is 0.472 e. The maximum atomic E-state index is 13.1. The zero-order chi connectivity index (χ0) is 89.3. The van der Waals surface area contributed by atoms with E-state index in [0.29, 0.717) is 19.3 Å². The molecule has 5 atom stereocenters. The van der Waals surface area contributed by atoms with Crippen LogP contribution in [0, 0.1) is 0 Å². The molecule has 0 spiro atoms. The van der Waals surface area contributed by atoms with Crippen molar-refractivity contribution in [2.45, 2.75) is 437 Å². The Morgan fingerprint density at radius 2 is 0.431 bits per heavy atom. The van der Waals surface area contributed by atoms with Gasteiger partial charge in [0.1, 0.15) is 25.4 Å². The van der Waals surface area contributed by atoms with Crippen molar-refractivity contribution in [2.24, 2.45) is 0 Å². The predicted octanol–water partition coefficient (Wildman–Crippen LogP) is 31.0. The third-order valence-electron chi connectivity index (χ3n) is 20.9. The Hall–Kier alpha value is -5.09.